The van der Waals surface area contributed by atoms with E-state index in [2.05, 4.69) is 5.32 Å². The molecule has 0 unspecified atom stereocenters. The molecule has 1 aromatic carbocycles. The molecule has 17 heavy (non-hydrogen) atoms. The number of methoxy groups -OCH3 is 1. The lowest BCUT2D eigenvalue weighted by Crippen LogP contribution is -2.26. The molecule has 0 aromatic heterocycles. The summed E-state index contributed by atoms with van der Waals surface area (Å²) in [7, 11) is 1.66. The highest BCUT2D eigenvalue weighted by Gasteiger charge is 1.98. The fourth-order valence-corrected chi connectivity index (χ4v) is 2.14. The van der Waals surface area contributed by atoms with E-state index in [1.165, 1.54) is 5.56 Å². The largest absolute Gasteiger partial charge is 0.497 e. The Kier molecular flexibility index (Phi) is 6.89. The van der Waals surface area contributed by atoms with Crippen LogP contribution in [0.2, 0.25) is 0 Å². The molecule has 0 saturated carbocycles. The number of thioether (sulfide) groups is 1. The highest BCUT2D eigenvalue weighted by atomic mass is 35.5. The molecule has 1 rings (SSSR count). The van der Waals surface area contributed by atoms with Gasteiger partial charge in [0.25, 0.3) is 0 Å². The molecule has 1 aromatic rings. The summed E-state index contributed by atoms with van der Waals surface area (Å²) in [5.74, 6) is 2.60. The van der Waals surface area contributed by atoms with Crippen LogP contribution in [-0.4, -0.2) is 31.2 Å². The predicted molar refractivity (Wildman–Crippen MR) is 72.9 cm³/mol. The molecule has 3 nitrogen and oxygen atoms in total. The van der Waals surface area contributed by atoms with E-state index in [4.69, 9.17) is 16.3 Å². The monoisotopic (exact) mass is 273 g/mol. The van der Waals surface area contributed by atoms with Crippen LogP contribution in [0, 0.1) is 0 Å². The van der Waals surface area contributed by atoms with Crippen LogP contribution in [0.5, 0.6) is 5.75 Å². The summed E-state index contributed by atoms with van der Waals surface area (Å²) in [6, 6.07) is 7.99. The fraction of sp³-hybridized carbons (Fsp3) is 0.417. The van der Waals surface area contributed by atoms with Crippen LogP contribution in [-0.2, 0) is 10.5 Å². The summed E-state index contributed by atoms with van der Waals surface area (Å²) < 4.78 is 5.08. The Morgan fingerprint density at radius 1 is 1.41 bits per heavy atom. The van der Waals surface area contributed by atoms with Crippen LogP contribution in [0.25, 0.3) is 0 Å². The van der Waals surface area contributed by atoms with Crippen LogP contribution in [0.1, 0.15) is 5.56 Å². The van der Waals surface area contributed by atoms with Crippen molar-refractivity contribution in [3.05, 3.63) is 29.8 Å². The van der Waals surface area contributed by atoms with Crippen LogP contribution in [0.4, 0.5) is 0 Å². The van der Waals surface area contributed by atoms with Crippen molar-refractivity contribution in [3.63, 3.8) is 0 Å². The lowest BCUT2D eigenvalue weighted by Gasteiger charge is -2.04. The SMILES string of the molecule is COc1ccc(CSCCNC(=O)CCl)cc1. The van der Waals surface area contributed by atoms with Gasteiger partial charge in [-0.15, -0.1) is 11.6 Å². The van der Waals surface area contributed by atoms with Gasteiger partial charge in [0.2, 0.25) is 5.91 Å². The Morgan fingerprint density at radius 2 is 2.12 bits per heavy atom. The third kappa shape index (κ3) is 5.84. The van der Waals surface area contributed by atoms with Gasteiger partial charge in [0.05, 0.1) is 7.11 Å². The van der Waals surface area contributed by atoms with E-state index in [0.29, 0.717) is 6.54 Å². The molecule has 0 radical (unpaired) electrons. The smallest absolute Gasteiger partial charge is 0.234 e. The van der Waals surface area contributed by atoms with Crippen LogP contribution in [0.3, 0.4) is 0 Å². The molecular formula is C12H16ClNO2S. The minimum absolute atomic E-state index is 0.0309. The minimum Gasteiger partial charge on any atom is -0.497 e. The van der Waals surface area contributed by atoms with Gasteiger partial charge in [0.15, 0.2) is 0 Å². The maximum Gasteiger partial charge on any atom is 0.234 e. The molecule has 0 atom stereocenters. The molecule has 1 amide bonds. The number of rotatable bonds is 7. The van der Waals surface area contributed by atoms with Gasteiger partial charge in [-0.2, -0.15) is 11.8 Å². The molecule has 5 heteroatoms. The maximum absolute atomic E-state index is 10.8. The first-order valence-electron chi connectivity index (χ1n) is 5.29. The van der Waals surface area contributed by atoms with E-state index in [0.717, 1.165) is 17.3 Å². The third-order valence-electron chi connectivity index (χ3n) is 2.12. The van der Waals surface area contributed by atoms with Gasteiger partial charge in [-0.1, -0.05) is 12.1 Å². The quantitative estimate of drug-likeness (QED) is 0.612. The van der Waals surface area contributed by atoms with Gasteiger partial charge in [0.1, 0.15) is 11.6 Å². The second kappa shape index (κ2) is 8.25. The third-order valence-corrected chi connectivity index (χ3v) is 3.39. The average Bonchev–Trinajstić information content (AvgIpc) is 2.38. The fourth-order valence-electron chi connectivity index (χ4n) is 1.22. The van der Waals surface area contributed by atoms with E-state index >= 15 is 0 Å². The number of nitrogens with one attached hydrogen (secondary N) is 1. The van der Waals surface area contributed by atoms with Crippen molar-refractivity contribution in [3.8, 4) is 5.75 Å². The first-order chi connectivity index (χ1) is 8.26. The van der Waals surface area contributed by atoms with Crippen molar-refractivity contribution in [2.75, 3.05) is 25.3 Å². The number of alkyl halides is 1. The van der Waals surface area contributed by atoms with Gasteiger partial charge < -0.3 is 10.1 Å². The Balaban J connectivity index is 2.15. The van der Waals surface area contributed by atoms with Gasteiger partial charge in [-0.05, 0) is 17.7 Å². The van der Waals surface area contributed by atoms with Crippen molar-refractivity contribution in [1.29, 1.82) is 0 Å². The number of ether oxygens (including phenoxy) is 1. The zero-order chi connectivity index (χ0) is 12.5. The molecule has 0 aliphatic heterocycles. The zero-order valence-electron chi connectivity index (χ0n) is 9.74. The summed E-state index contributed by atoms with van der Waals surface area (Å²) in [5, 5.41) is 2.73. The molecule has 0 fully saturated rings. The zero-order valence-corrected chi connectivity index (χ0v) is 11.3. The van der Waals surface area contributed by atoms with Gasteiger partial charge in [0, 0.05) is 18.1 Å². The first-order valence-corrected chi connectivity index (χ1v) is 6.98. The lowest BCUT2D eigenvalue weighted by molar-refractivity contribution is -0.118. The highest BCUT2D eigenvalue weighted by Crippen LogP contribution is 2.16. The van der Waals surface area contributed by atoms with Crippen molar-refractivity contribution < 1.29 is 9.53 Å². The molecule has 0 bridgehead atoms. The van der Waals surface area contributed by atoms with E-state index < -0.39 is 0 Å². The second-order valence-corrected chi connectivity index (χ2v) is 4.76. The van der Waals surface area contributed by atoms with E-state index in [-0.39, 0.29) is 11.8 Å². The van der Waals surface area contributed by atoms with Crippen LogP contribution in [0.15, 0.2) is 24.3 Å². The van der Waals surface area contributed by atoms with Crippen molar-refractivity contribution >= 4 is 29.3 Å². The number of amides is 1. The summed E-state index contributed by atoms with van der Waals surface area (Å²) in [6.07, 6.45) is 0. The summed E-state index contributed by atoms with van der Waals surface area (Å²) in [4.78, 5) is 10.8. The topological polar surface area (TPSA) is 38.3 Å². The number of carbonyl (C=O) groups excluding carboxylic acids is 1. The summed E-state index contributed by atoms with van der Waals surface area (Å²) in [6.45, 7) is 0.659. The normalized spacial score (nSPS) is 10.0. The Bertz CT molecular complexity index is 343. The Hall–Kier alpha value is -0.870. The molecule has 0 spiro atoms. The highest BCUT2D eigenvalue weighted by molar-refractivity contribution is 7.98. The molecule has 0 heterocycles. The standard InChI is InChI=1S/C12H16ClNO2S/c1-16-11-4-2-10(3-5-11)9-17-7-6-14-12(15)8-13/h2-5H,6-9H2,1H3,(H,14,15). The summed E-state index contributed by atoms with van der Waals surface area (Å²) >= 11 is 7.13. The average molecular weight is 274 g/mol. The number of hydrogen-bond donors (Lipinski definition) is 1. The van der Waals surface area contributed by atoms with Crippen LogP contribution < -0.4 is 10.1 Å². The van der Waals surface area contributed by atoms with Crippen LogP contribution >= 0.6 is 23.4 Å². The van der Waals surface area contributed by atoms with Crippen molar-refractivity contribution in [2.45, 2.75) is 5.75 Å². The molecule has 0 saturated heterocycles. The van der Waals surface area contributed by atoms with Gasteiger partial charge in [-0.3, -0.25) is 4.79 Å². The van der Waals surface area contributed by atoms with E-state index in [9.17, 15) is 4.79 Å². The predicted octanol–water partition coefficient (Wildman–Crippen LogP) is 2.28. The maximum atomic E-state index is 10.8. The molecular weight excluding hydrogens is 258 g/mol. The molecule has 1 N–H and O–H groups in total. The van der Waals surface area contributed by atoms with E-state index in [1.807, 2.05) is 24.3 Å². The van der Waals surface area contributed by atoms with Gasteiger partial charge in [-0.25, -0.2) is 0 Å². The Morgan fingerprint density at radius 3 is 2.71 bits per heavy atom. The number of carbonyl (C=O) groups is 1. The molecule has 0 aliphatic carbocycles. The molecule has 94 valence electrons. The Labute approximate surface area is 111 Å². The lowest BCUT2D eigenvalue weighted by atomic mass is 10.2. The number of halogens is 1. The van der Waals surface area contributed by atoms with Crippen molar-refractivity contribution in [2.24, 2.45) is 0 Å². The molecule has 0 aliphatic rings. The van der Waals surface area contributed by atoms with E-state index in [1.54, 1.807) is 18.9 Å². The van der Waals surface area contributed by atoms with Crippen molar-refractivity contribution in [1.82, 2.24) is 5.32 Å². The van der Waals surface area contributed by atoms with Gasteiger partial charge >= 0.3 is 0 Å². The second-order valence-electron chi connectivity index (χ2n) is 3.38. The number of hydrogen-bond acceptors (Lipinski definition) is 3. The summed E-state index contributed by atoms with van der Waals surface area (Å²) in [5.41, 5.74) is 1.25. The first kappa shape index (κ1) is 14.2. The number of benzene rings is 1. The minimum atomic E-state index is -0.114.